The van der Waals surface area contributed by atoms with Gasteiger partial charge in [-0.15, -0.1) is 22.7 Å². The van der Waals surface area contributed by atoms with E-state index in [1.807, 2.05) is 11.3 Å². The predicted octanol–water partition coefficient (Wildman–Crippen LogP) is 18.4. The summed E-state index contributed by atoms with van der Waals surface area (Å²) in [6.45, 7) is 32.2. The molecule has 0 saturated heterocycles. The van der Waals surface area contributed by atoms with E-state index in [9.17, 15) is 0 Å². The fraction of sp³-hybridized carbons (Fsp3) is 0.362. The number of hydrogen-bond acceptors (Lipinski definition) is 4. The van der Waals surface area contributed by atoms with Crippen LogP contribution in [-0.4, -0.2) is 6.71 Å². The van der Waals surface area contributed by atoms with E-state index < -0.39 is 0 Å². The summed E-state index contributed by atoms with van der Waals surface area (Å²) in [5, 5.41) is 4.09. The molecule has 0 fully saturated rings. The Bertz CT molecular complexity index is 3890. The summed E-state index contributed by atoms with van der Waals surface area (Å²) in [4.78, 5) is 5.55. The van der Waals surface area contributed by atoms with E-state index in [4.69, 9.17) is 0 Å². The lowest BCUT2D eigenvalue weighted by Crippen LogP contribution is -2.60. The van der Waals surface area contributed by atoms with Crippen LogP contribution in [0.3, 0.4) is 0 Å². The summed E-state index contributed by atoms with van der Waals surface area (Å²) in [5.74, 6) is 0. The molecule has 2 nitrogen and oxygen atoms in total. The summed E-state index contributed by atoms with van der Waals surface area (Å²) >= 11 is 4.06. The van der Waals surface area contributed by atoms with Gasteiger partial charge in [0.15, 0.2) is 0 Å². The third kappa shape index (κ3) is 6.54. The second kappa shape index (κ2) is 15.3. The Morgan fingerprint density at radius 1 is 0.419 bits per heavy atom. The average molecular weight is 1000 g/mol. The van der Waals surface area contributed by atoms with E-state index in [-0.39, 0.29) is 39.2 Å². The van der Waals surface area contributed by atoms with Gasteiger partial charge in [0.1, 0.15) is 0 Å². The lowest BCUT2D eigenvalue weighted by molar-refractivity contribution is 0.332. The van der Waals surface area contributed by atoms with E-state index >= 15 is 0 Å². The van der Waals surface area contributed by atoms with Crippen LogP contribution in [0.4, 0.5) is 34.1 Å². The molecule has 5 aliphatic rings. The molecule has 0 unspecified atom stereocenters. The van der Waals surface area contributed by atoms with Gasteiger partial charge in [0, 0.05) is 53.0 Å². The number of rotatable bonds is 3. The van der Waals surface area contributed by atoms with Crippen molar-refractivity contribution < 1.29 is 0 Å². The van der Waals surface area contributed by atoms with Gasteiger partial charge in [0.25, 0.3) is 6.71 Å². The van der Waals surface area contributed by atoms with Crippen LogP contribution in [0.2, 0.25) is 0 Å². The first-order valence-corrected chi connectivity index (χ1v) is 29.4. The highest BCUT2D eigenvalue weighted by molar-refractivity contribution is 7.34. The Labute approximate surface area is 448 Å². The van der Waals surface area contributed by atoms with Gasteiger partial charge in [-0.1, -0.05) is 150 Å². The van der Waals surface area contributed by atoms with Crippen molar-refractivity contribution in [1.82, 2.24) is 0 Å². The maximum absolute atomic E-state index is 2.79. The normalized spacial score (nSPS) is 19.9. The van der Waals surface area contributed by atoms with Gasteiger partial charge >= 0.3 is 0 Å². The van der Waals surface area contributed by atoms with Crippen LogP contribution in [0, 0.1) is 6.92 Å². The molecule has 74 heavy (non-hydrogen) atoms. The molecule has 0 amide bonds. The molecule has 3 aliphatic carbocycles. The molecule has 0 radical (unpaired) electrons. The van der Waals surface area contributed by atoms with Crippen LogP contribution >= 0.6 is 22.7 Å². The summed E-state index contributed by atoms with van der Waals surface area (Å²) in [6, 6.07) is 48.8. The van der Waals surface area contributed by atoms with Crippen LogP contribution in [0.1, 0.15) is 161 Å². The zero-order valence-electron chi connectivity index (χ0n) is 46.1. The molecule has 5 heteroatoms. The first kappa shape index (κ1) is 46.9. The first-order chi connectivity index (χ1) is 35.0. The van der Waals surface area contributed by atoms with E-state index in [1.54, 1.807) is 0 Å². The monoisotopic (exact) mass is 1000 g/mol. The summed E-state index contributed by atoms with van der Waals surface area (Å²) in [7, 11) is 0. The van der Waals surface area contributed by atoms with Crippen molar-refractivity contribution in [1.29, 1.82) is 0 Å². The SMILES string of the molecule is Cc1cc2c3c(c1)N(c1cc4c(cc1-c1ccccc1)C(C)(C)CCC4(C)C)c1c(ccc4c1sc1ccccc14)B3c1sc3cc4c(cc3c1N2c1ccc2c(c1)C(C)(C)CCC2(C)C)C(C)(C)CCC4(C)C. The molecule has 0 spiro atoms. The highest BCUT2D eigenvalue weighted by Gasteiger charge is 2.49. The number of benzene rings is 7. The molecule has 0 N–H and O–H groups in total. The van der Waals surface area contributed by atoms with Crippen LogP contribution < -0.4 is 25.5 Å². The van der Waals surface area contributed by atoms with Crippen LogP contribution in [0.15, 0.2) is 121 Å². The van der Waals surface area contributed by atoms with Gasteiger partial charge in [-0.05, 0) is 188 Å². The molecule has 372 valence electrons. The van der Waals surface area contributed by atoms with Crippen molar-refractivity contribution in [2.45, 2.75) is 161 Å². The zero-order chi connectivity index (χ0) is 51.4. The Hall–Kier alpha value is -5.62. The van der Waals surface area contributed by atoms with Crippen molar-refractivity contribution in [2.75, 3.05) is 9.80 Å². The summed E-state index contributed by atoms with van der Waals surface area (Å²) in [5.41, 5.74) is 24.1. The van der Waals surface area contributed by atoms with Crippen molar-refractivity contribution in [3.8, 4) is 11.1 Å². The number of aryl methyl sites for hydroxylation is 1. The van der Waals surface area contributed by atoms with Crippen molar-refractivity contribution >= 4 is 109 Å². The standard InChI is InChI=1S/C69H71BN2S2/c1-40-33-55-59-56(34-40)72(54-38-51-49(66(6,7)29-31-68(51,10)11)36-45(54)41-19-15-14-16-20-41)61-53(26-24-44-43-21-17-18-22-57(43)73-62(44)61)70(59)63-60(46-37-50-52(39-58(46)74-63)69(12,13)32-30-67(50,8)9)71(55)42-23-25-47-48(35-42)65(4,5)28-27-64(47,2)3/h14-26,33-39H,27-32H2,1-13H3. The zero-order valence-corrected chi connectivity index (χ0v) is 47.7. The second-order valence-electron chi connectivity index (χ2n) is 27.3. The quantitative estimate of drug-likeness (QED) is 0.163. The van der Waals surface area contributed by atoms with E-state index in [0.29, 0.717) is 0 Å². The van der Waals surface area contributed by atoms with E-state index in [1.165, 1.54) is 162 Å². The minimum atomic E-state index is 0.0193. The minimum Gasteiger partial charge on any atom is -0.310 e. The maximum atomic E-state index is 2.79. The molecule has 0 saturated carbocycles. The van der Waals surface area contributed by atoms with E-state index in [0.717, 1.165) is 6.42 Å². The summed E-state index contributed by atoms with van der Waals surface area (Å²) in [6.07, 6.45) is 7.10. The number of nitrogens with zero attached hydrogens (tertiary/aromatic N) is 2. The highest BCUT2D eigenvalue weighted by Crippen LogP contribution is 2.58. The molecule has 4 heterocycles. The van der Waals surface area contributed by atoms with Crippen LogP contribution in [0.25, 0.3) is 41.4 Å². The van der Waals surface area contributed by atoms with Gasteiger partial charge in [0.2, 0.25) is 0 Å². The molecule has 2 aromatic heterocycles. The van der Waals surface area contributed by atoms with Crippen molar-refractivity contribution in [3.63, 3.8) is 0 Å². The fourth-order valence-electron chi connectivity index (χ4n) is 14.8. The predicted molar refractivity (Wildman–Crippen MR) is 325 cm³/mol. The molecular weight excluding hydrogens is 932 g/mol. The number of anilines is 6. The average Bonchev–Trinajstić information content (AvgIpc) is 3.98. The number of thiophene rings is 2. The molecular formula is C69H71BN2S2. The van der Waals surface area contributed by atoms with Gasteiger partial charge in [-0.25, -0.2) is 0 Å². The summed E-state index contributed by atoms with van der Waals surface area (Å²) < 4.78 is 5.59. The number of hydrogen-bond donors (Lipinski definition) is 0. The Morgan fingerprint density at radius 3 is 1.64 bits per heavy atom. The Kier molecular flexibility index (Phi) is 9.68. The van der Waals surface area contributed by atoms with E-state index in [2.05, 4.69) is 232 Å². The van der Waals surface area contributed by atoms with Crippen molar-refractivity contribution in [2.24, 2.45) is 0 Å². The van der Waals surface area contributed by atoms with Gasteiger partial charge < -0.3 is 9.80 Å². The Balaban J connectivity index is 1.14. The van der Waals surface area contributed by atoms with Crippen molar-refractivity contribution in [3.05, 3.63) is 160 Å². The Morgan fingerprint density at radius 2 is 0.973 bits per heavy atom. The molecule has 9 aromatic rings. The lowest BCUT2D eigenvalue weighted by Gasteiger charge is -2.46. The van der Waals surface area contributed by atoms with Crippen LogP contribution in [0.5, 0.6) is 0 Å². The highest BCUT2D eigenvalue weighted by atomic mass is 32.1. The molecule has 2 aliphatic heterocycles. The smallest absolute Gasteiger partial charge is 0.264 e. The number of fused-ring (bicyclic) bond motifs is 13. The first-order valence-electron chi connectivity index (χ1n) is 27.7. The fourth-order valence-corrected chi connectivity index (χ4v) is 17.4. The lowest BCUT2D eigenvalue weighted by atomic mass is 9.36. The molecule has 14 rings (SSSR count). The second-order valence-corrected chi connectivity index (χ2v) is 29.5. The molecule has 0 atom stereocenters. The third-order valence-corrected chi connectivity index (χ3v) is 22.1. The molecule has 0 bridgehead atoms. The minimum absolute atomic E-state index is 0.0193. The maximum Gasteiger partial charge on any atom is 0.264 e. The van der Waals surface area contributed by atoms with Gasteiger partial charge in [0.05, 0.1) is 21.8 Å². The van der Waals surface area contributed by atoms with Gasteiger partial charge in [-0.2, -0.15) is 0 Å². The van der Waals surface area contributed by atoms with Gasteiger partial charge in [-0.3, -0.25) is 0 Å². The third-order valence-electron chi connectivity index (χ3n) is 19.7. The van der Waals surface area contributed by atoms with Crippen LogP contribution in [-0.2, 0) is 32.5 Å². The largest absolute Gasteiger partial charge is 0.310 e. The topological polar surface area (TPSA) is 6.48 Å². The molecule has 7 aromatic carbocycles.